The van der Waals surface area contributed by atoms with Crippen molar-refractivity contribution in [1.82, 2.24) is 4.57 Å². The predicted octanol–water partition coefficient (Wildman–Crippen LogP) is 5.39. The molecule has 128 valence electrons. The average molecular weight is 327 g/mol. The lowest BCUT2D eigenvalue weighted by molar-refractivity contribution is 0.0544. The molecule has 24 heavy (non-hydrogen) atoms. The fourth-order valence-electron chi connectivity index (χ4n) is 3.13. The number of carbonyl (C=O) groups is 1. The second-order valence-electron chi connectivity index (χ2n) is 7.33. The Balaban J connectivity index is 2.09. The summed E-state index contributed by atoms with van der Waals surface area (Å²) in [5, 5.41) is 1.01. The van der Waals surface area contributed by atoms with E-state index in [9.17, 15) is 4.79 Å². The Hall–Kier alpha value is -2.23. The molecule has 0 amide bonds. The van der Waals surface area contributed by atoms with Crippen molar-refractivity contribution in [3.8, 4) is 5.75 Å². The van der Waals surface area contributed by atoms with Crippen LogP contribution >= 0.6 is 0 Å². The molecule has 1 aliphatic carbocycles. The van der Waals surface area contributed by atoms with Crippen LogP contribution in [0.2, 0.25) is 0 Å². The maximum absolute atomic E-state index is 12.6. The number of carbonyl (C=O) groups excluding carboxylic acids is 1. The first kappa shape index (κ1) is 16.6. The molecule has 1 aliphatic rings. The number of hydrogen-bond acceptors (Lipinski definition) is 3. The Morgan fingerprint density at radius 1 is 1.21 bits per heavy atom. The molecule has 1 aromatic heterocycles. The van der Waals surface area contributed by atoms with Crippen LogP contribution in [0.4, 0.5) is 4.79 Å². The zero-order valence-electron chi connectivity index (χ0n) is 14.9. The van der Waals surface area contributed by atoms with Crippen LogP contribution < -0.4 is 4.74 Å². The van der Waals surface area contributed by atoms with E-state index in [0.29, 0.717) is 0 Å². The highest BCUT2D eigenvalue weighted by Gasteiger charge is 2.21. The summed E-state index contributed by atoms with van der Waals surface area (Å²) < 4.78 is 12.5. The van der Waals surface area contributed by atoms with Crippen LogP contribution in [0.1, 0.15) is 52.0 Å². The molecule has 1 heterocycles. The van der Waals surface area contributed by atoms with Gasteiger partial charge in [0.05, 0.1) is 12.6 Å². The summed E-state index contributed by atoms with van der Waals surface area (Å²) in [5.74, 6) is 0.788. The summed E-state index contributed by atoms with van der Waals surface area (Å²) in [7, 11) is 1.65. The van der Waals surface area contributed by atoms with Crippen molar-refractivity contribution >= 4 is 23.1 Å². The van der Waals surface area contributed by atoms with Gasteiger partial charge in [0.15, 0.2) is 0 Å². The number of methoxy groups -OCH3 is 1. The first-order chi connectivity index (χ1) is 11.4. The molecule has 2 aromatic rings. The van der Waals surface area contributed by atoms with Gasteiger partial charge in [-0.3, -0.25) is 4.57 Å². The van der Waals surface area contributed by atoms with E-state index < -0.39 is 5.60 Å². The number of hydrogen-bond donors (Lipinski definition) is 0. The quantitative estimate of drug-likeness (QED) is 0.742. The van der Waals surface area contributed by atoms with Crippen LogP contribution in [0.5, 0.6) is 5.75 Å². The molecule has 3 rings (SSSR count). The number of allylic oxidation sites excluding steroid dienone is 1. The first-order valence-electron chi connectivity index (χ1n) is 8.49. The number of rotatable bonds is 2. The van der Waals surface area contributed by atoms with Gasteiger partial charge < -0.3 is 9.47 Å². The highest BCUT2D eigenvalue weighted by Crippen LogP contribution is 2.32. The van der Waals surface area contributed by atoms with Crippen LogP contribution in [0.3, 0.4) is 0 Å². The number of aromatic nitrogens is 1. The van der Waals surface area contributed by atoms with E-state index in [2.05, 4.69) is 6.08 Å². The third-order valence-electron chi connectivity index (χ3n) is 4.24. The minimum Gasteiger partial charge on any atom is -0.497 e. The molecule has 0 bridgehead atoms. The molecule has 1 fully saturated rings. The SMILES string of the molecule is COc1ccc2c(c1)c(C=C1CCCC1)cn2C(=O)OC(C)(C)C. The van der Waals surface area contributed by atoms with Crippen LogP contribution in [-0.2, 0) is 4.74 Å². The second-order valence-corrected chi connectivity index (χ2v) is 7.33. The second kappa shape index (κ2) is 6.34. The van der Waals surface area contributed by atoms with E-state index in [-0.39, 0.29) is 6.09 Å². The van der Waals surface area contributed by atoms with E-state index in [1.165, 1.54) is 18.4 Å². The molecular formula is C20H25NO3. The first-order valence-corrected chi connectivity index (χ1v) is 8.49. The molecule has 0 atom stereocenters. The van der Waals surface area contributed by atoms with Gasteiger partial charge in [0, 0.05) is 17.1 Å². The Labute approximate surface area is 143 Å². The van der Waals surface area contributed by atoms with Gasteiger partial charge >= 0.3 is 6.09 Å². The molecule has 0 radical (unpaired) electrons. The Bertz CT molecular complexity index is 785. The summed E-state index contributed by atoms with van der Waals surface area (Å²) in [5.41, 5.74) is 2.81. The van der Waals surface area contributed by atoms with Gasteiger partial charge in [-0.25, -0.2) is 4.79 Å². The van der Waals surface area contributed by atoms with E-state index >= 15 is 0 Å². The van der Waals surface area contributed by atoms with Gasteiger partial charge in [-0.05, 0) is 64.7 Å². The van der Waals surface area contributed by atoms with Gasteiger partial charge in [-0.2, -0.15) is 0 Å². The number of nitrogens with zero attached hydrogens (tertiary/aromatic N) is 1. The van der Waals surface area contributed by atoms with Crippen LogP contribution in [-0.4, -0.2) is 23.4 Å². The molecule has 0 saturated heterocycles. The minimum absolute atomic E-state index is 0.353. The fraction of sp³-hybridized carbons (Fsp3) is 0.450. The van der Waals surface area contributed by atoms with Crippen molar-refractivity contribution in [2.75, 3.05) is 7.11 Å². The van der Waals surface area contributed by atoms with Crippen molar-refractivity contribution < 1.29 is 14.3 Å². The van der Waals surface area contributed by atoms with Gasteiger partial charge in [-0.1, -0.05) is 11.6 Å². The Morgan fingerprint density at radius 3 is 2.54 bits per heavy atom. The average Bonchev–Trinajstić information content (AvgIpc) is 3.14. The lowest BCUT2D eigenvalue weighted by Gasteiger charge is -2.19. The van der Waals surface area contributed by atoms with E-state index in [4.69, 9.17) is 9.47 Å². The lowest BCUT2D eigenvalue weighted by atomic mass is 10.1. The maximum atomic E-state index is 12.6. The van der Waals surface area contributed by atoms with Gasteiger partial charge in [0.1, 0.15) is 11.4 Å². The van der Waals surface area contributed by atoms with Crippen LogP contribution in [0, 0.1) is 0 Å². The van der Waals surface area contributed by atoms with Crippen LogP contribution in [0.25, 0.3) is 17.0 Å². The molecule has 0 aliphatic heterocycles. The molecular weight excluding hydrogens is 302 g/mol. The third kappa shape index (κ3) is 3.48. The Morgan fingerprint density at radius 2 is 1.92 bits per heavy atom. The normalized spacial score (nSPS) is 14.9. The highest BCUT2D eigenvalue weighted by molar-refractivity contribution is 5.96. The number of ether oxygens (including phenoxy) is 2. The monoisotopic (exact) mass is 327 g/mol. The molecule has 0 spiro atoms. The molecule has 4 nitrogen and oxygen atoms in total. The third-order valence-corrected chi connectivity index (χ3v) is 4.24. The number of benzene rings is 1. The molecule has 1 aromatic carbocycles. The summed E-state index contributed by atoms with van der Waals surface area (Å²) in [6.07, 6.45) is 8.53. The van der Waals surface area contributed by atoms with Gasteiger partial charge in [0.25, 0.3) is 0 Å². The van der Waals surface area contributed by atoms with Crippen molar-refractivity contribution in [3.05, 3.63) is 35.5 Å². The summed E-state index contributed by atoms with van der Waals surface area (Å²) in [6, 6.07) is 5.77. The van der Waals surface area contributed by atoms with Crippen molar-refractivity contribution in [2.24, 2.45) is 0 Å². The van der Waals surface area contributed by atoms with Crippen LogP contribution in [0.15, 0.2) is 30.0 Å². The summed E-state index contributed by atoms with van der Waals surface area (Å²) in [4.78, 5) is 12.6. The maximum Gasteiger partial charge on any atom is 0.419 e. The minimum atomic E-state index is -0.524. The molecule has 0 unspecified atom stereocenters. The summed E-state index contributed by atoms with van der Waals surface area (Å²) in [6.45, 7) is 5.63. The lowest BCUT2D eigenvalue weighted by Crippen LogP contribution is -2.26. The molecule has 1 saturated carbocycles. The molecule has 0 N–H and O–H groups in total. The van der Waals surface area contributed by atoms with Gasteiger partial charge in [0.2, 0.25) is 0 Å². The van der Waals surface area contributed by atoms with Gasteiger partial charge in [-0.15, -0.1) is 0 Å². The predicted molar refractivity (Wildman–Crippen MR) is 96.6 cm³/mol. The smallest absolute Gasteiger partial charge is 0.419 e. The highest BCUT2D eigenvalue weighted by atomic mass is 16.6. The van der Waals surface area contributed by atoms with Crippen molar-refractivity contribution in [3.63, 3.8) is 0 Å². The molecule has 4 heteroatoms. The van der Waals surface area contributed by atoms with Crippen molar-refractivity contribution in [2.45, 2.75) is 52.1 Å². The van der Waals surface area contributed by atoms with E-state index in [0.717, 1.165) is 35.1 Å². The largest absolute Gasteiger partial charge is 0.497 e. The topological polar surface area (TPSA) is 40.5 Å². The summed E-state index contributed by atoms with van der Waals surface area (Å²) >= 11 is 0. The Kier molecular flexibility index (Phi) is 4.39. The zero-order valence-corrected chi connectivity index (χ0v) is 14.9. The van der Waals surface area contributed by atoms with E-state index in [1.807, 2.05) is 45.2 Å². The van der Waals surface area contributed by atoms with Crippen molar-refractivity contribution in [1.29, 1.82) is 0 Å². The number of fused-ring (bicyclic) bond motifs is 1. The zero-order chi connectivity index (χ0) is 17.3. The fourth-order valence-corrected chi connectivity index (χ4v) is 3.13. The standard InChI is InChI=1S/C20H25NO3/c1-20(2,3)24-19(22)21-13-15(11-14-7-5-6-8-14)17-12-16(23-4)9-10-18(17)21/h9-13H,5-8H2,1-4H3. The van der Waals surface area contributed by atoms with E-state index in [1.54, 1.807) is 11.7 Å².